The van der Waals surface area contributed by atoms with Gasteiger partial charge in [-0.25, -0.2) is 4.98 Å². The minimum atomic E-state index is -0.205. The monoisotopic (exact) mass is 167 g/mol. The Morgan fingerprint density at radius 2 is 2.17 bits per heavy atom. The number of anilines is 1. The second kappa shape index (κ2) is 3.17. The van der Waals surface area contributed by atoms with E-state index >= 15 is 0 Å². The number of aromatic nitrogens is 2. The van der Waals surface area contributed by atoms with Gasteiger partial charge in [0.15, 0.2) is 5.82 Å². The molecule has 0 spiro atoms. The molecule has 1 aromatic rings. The number of amides is 1. The van der Waals surface area contributed by atoms with E-state index in [9.17, 15) is 9.59 Å². The first-order valence-corrected chi connectivity index (χ1v) is 3.42. The Bertz CT molecular complexity index is 316. The molecule has 1 amide bonds. The molecule has 0 saturated heterocycles. The summed E-state index contributed by atoms with van der Waals surface area (Å²) in [4.78, 5) is 25.1. The van der Waals surface area contributed by atoms with Crippen molar-refractivity contribution in [2.24, 2.45) is 0 Å². The largest absolute Gasteiger partial charge is 0.310 e. The van der Waals surface area contributed by atoms with Crippen LogP contribution >= 0.6 is 0 Å². The number of rotatable bonds is 1. The van der Waals surface area contributed by atoms with Crippen LogP contribution in [0.15, 0.2) is 12.5 Å². The van der Waals surface area contributed by atoms with Crippen LogP contribution in [0, 0.1) is 0 Å². The molecule has 0 fully saturated rings. The van der Waals surface area contributed by atoms with Crippen LogP contribution in [0.5, 0.6) is 0 Å². The molecule has 0 aliphatic carbocycles. The van der Waals surface area contributed by atoms with Crippen LogP contribution in [0.4, 0.5) is 5.82 Å². The summed E-state index contributed by atoms with van der Waals surface area (Å²) in [5, 5.41) is 2.46. The van der Waals surface area contributed by atoms with E-state index in [1.807, 2.05) is 0 Å². The van der Waals surface area contributed by atoms with Crippen molar-refractivity contribution in [3.05, 3.63) is 12.5 Å². The van der Waals surface area contributed by atoms with Crippen LogP contribution < -0.4 is 5.32 Å². The number of carbonyl (C=O) groups is 2. The summed E-state index contributed by atoms with van der Waals surface area (Å²) in [7, 11) is 0. The highest BCUT2D eigenvalue weighted by Crippen LogP contribution is 2.01. The quantitative estimate of drug-likeness (QED) is 0.662. The van der Waals surface area contributed by atoms with E-state index in [2.05, 4.69) is 10.3 Å². The molecule has 1 rings (SSSR count). The molecule has 1 N–H and O–H groups in total. The van der Waals surface area contributed by atoms with Gasteiger partial charge in [0.1, 0.15) is 6.33 Å². The first kappa shape index (κ1) is 8.45. The zero-order valence-corrected chi connectivity index (χ0v) is 6.87. The number of imidazole rings is 1. The first-order valence-electron chi connectivity index (χ1n) is 3.42. The van der Waals surface area contributed by atoms with E-state index in [-0.39, 0.29) is 11.8 Å². The van der Waals surface area contributed by atoms with E-state index in [1.165, 1.54) is 30.9 Å². The SMILES string of the molecule is CC(=O)Nc1cn(C(C)=O)cn1. The summed E-state index contributed by atoms with van der Waals surface area (Å²) in [6.45, 7) is 2.80. The van der Waals surface area contributed by atoms with Gasteiger partial charge in [0.05, 0.1) is 6.20 Å². The highest BCUT2D eigenvalue weighted by Gasteiger charge is 2.01. The van der Waals surface area contributed by atoms with Crippen molar-refractivity contribution in [1.82, 2.24) is 9.55 Å². The Hall–Kier alpha value is -1.65. The second-order valence-corrected chi connectivity index (χ2v) is 2.37. The average Bonchev–Trinajstić information content (AvgIpc) is 2.34. The maximum Gasteiger partial charge on any atom is 0.228 e. The van der Waals surface area contributed by atoms with Crippen LogP contribution in [0.1, 0.15) is 18.6 Å². The molecule has 0 radical (unpaired) electrons. The average molecular weight is 167 g/mol. The van der Waals surface area contributed by atoms with Crippen molar-refractivity contribution in [1.29, 1.82) is 0 Å². The zero-order chi connectivity index (χ0) is 9.14. The van der Waals surface area contributed by atoms with E-state index < -0.39 is 0 Å². The van der Waals surface area contributed by atoms with E-state index in [1.54, 1.807) is 0 Å². The Labute approximate surface area is 69.4 Å². The zero-order valence-electron chi connectivity index (χ0n) is 6.87. The summed E-state index contributed by atoms with van der Waals surface area (Å²) in [6.07, 6.45) is 2.82. The number of hydrogen-bond donors (Lipinski definition) is 1. The minimum absolute atomic E-state index is 0.140. The van der Waals surface area contributed by atoms with E-state index in [4.69, 9.17) is 0 Å². The standard InChI is InChI=1S/C7H9N3O2/c1-5(11)9-7-3-10(4-8-7)6(2)12/h3-4H,1-2H3,(H,9,11). The maximum absolute atomic E-state index is 10.8. The van der Waals surface area contributed by atoms with Gasteiger partial charge in [-0.15, -0.1) is 0 Å². The highest BCUT2D eigenvalue weighted by molar-refractivity contribution is 5.88. The predicted octanol–water partition coefficient (Wildman–Crippen LogP) is 0.502. The number of nitrogens with one attached hydrogen (secondary N) is 1. The van der Waals surface area contributed by atoms with Gasteiger partial charge >= 0.3 is 0 Å². The second-order valence-electron chi connectivity index (χ2n) is 2.37. The predicted molar refractivity (Wildman–Crippen MR) is 42.8 cm³/mol. The summed E-state index contributed by atoms with van der Waals surface area (Å²) < 4.78 is 1.30. The Kier molecular flexibility index (Phi) is 2.23. The molecule has 0 aliphatic heterocycles. The van der Waals surface area contributed by atoms with Crippen LogP contribution in [0.25, 0.3) is 0 Å². The lowest BCUT2D eigenvalue weighted by atomic mass is 10.6. The third kappa shape index (κ3) is 1.91. The van der Waals surface area contributed by atoms with Gasteiger partial charge in [-0.3, -0.25) is 14.2 Å². The molecule has 0 bridgehead atoms. The molecule has 1 aromatic heterocycles. The van der Waals surface area contributed by atoms with Crippen molar-refractivity contribution < 1.29 is 9.59 Å². The molecule has 0 unspecified atom stereocenters. The molecular formula is C7H9N3O2. The van der Waals surface area contributed by atoms with Crippen molar-refractivity contribution in [2.45, 2.75) is 13.8 Å². The molecule has 0 saturated carbocycles. The Morgan fingerprint density at radius 1 is 1.50 bits per heavy atom. The van der Waals surface area contributed by atoms with Gasteiger partial charge < -0.3 is 5.32 Å². The van der Waals surface area contributed by atoms with Crippen LogP contribution in [0.3, 0.4) is 0 Å². The van der Waals surface area contributed by atoms with Gasteiger partial charge in [0.25, 0.3) is 0 Å². The van der Waals surface area contributed by atoms with E-state index in [0.717, 1.165) is 0 Å². The van der Waals surface area contributed by atoms with Crippen LogP contribution in [-0.4, -0.2) is 21.4 Å². The molecule has 5 heteroatoms. The third-order valence-corrected chi connectivity index (χ3v) is 1.25. The Morgan fingerprint density at radius 3 is 2.58 bits per heavy atom. The molecule has 5 nitrogen and oxygen atoms in total. The van der Waals surface area contributed by atoms with Crippen molar-refractivity contribution in [2.75, 3.05) is 5.32 Å². The lowest BCUT2D eigenvalue weighted by molar-refractivity contribution is -0.114. The summed E-state index contributed by atoms with van der Waals surface area (Å²) >= 11 is 0. The summed E-state index contributed by atoms with van der Waals surface area (Å²) in [5.41, 5.74) is 0. The van der Waals surface area contributed by atoms with Crippen LogP contribution in [-0.2, 0) is 4.79 Å². The van der Waals surface area contributed by atoms with Crippen molar-refractivity contribution >= 4 is 17.6 Å². The number of nitrogens with zero attached hydrogens (tertiary/aromatic N) is 2. The van der Waals surface area contributed by atoms with Crippen molar-refractivity contribution in [3.63, 3.8) is 0 Å². The summed E-state index contributed by atoms with van der Waals surface area (Å²) in [5.74, 6) is 0.0422. The minimum Gasteiger partial charge on any atom is -0.310 e. The molecule has 0 aromatic carbocycles. The number of hydrogen-bond acceptors (Lipinski definition) is 3. The fraction of sp³-hybridized carbons (Fsp3) is 0.286. The molecule has 1 heterocycles. The van der Waals surface area contributed by atoms with Gasteiger partial charge in [-0.1, -0.05) is 0 Å². The molecular weight excluding hydrogens is 158 g/mol. The molecule has 12 heavy (non-hydrogen) atoms. The fourth-order valence-corrected chi connectivity index (χ4v) is 0.740. The third-order valence-electron chi connectivity index (χ3n) is 1.25. The van der Waals surface area contributed by atoms with Gasteiger partial charge in [0, 0.05) is 13.8 Å². The Balaban J connectivity index is 2.77. The topological polar surface area (TPSA) is 64.0 Å². The van der Waals surface area contributed by atoms with E-state index in [0.29, 0.717) is 5.82 Å². The van der Waals surface area contributed by atoms with Crippen LogP contribution in [0.2, 0.25) is 0 Å². The molecule has 0 atom stereocenters. The van der Waals surface area contributed by atoms with Crippen molar-refractivity contribution in [3.8, 4) is 0 Å². The maximum atomic E-state index is 10.8. The fourth-order valence-electron chi connectivity index (χ4n) is 0.740. The van der Waals surface area contributed by atoms with Gasteiger partial charge in [-0.2, -0.15) is 0 Å². The highest BCUT2D eigenvalue weighted by atomic mass is 16.2. The smallest absolute Gasteiger partial charge is 0.228 e. The molecule has 64 valence electrons. The number of carbonyl (C=O) groups excluding carboxylic acids is 2. The molecule has 0 aliphatic rings. The lowest BCUT2D eigenvalue weighted by Crippen LogP contribution is -2.06. The van der Waals surface area contributed by atoms with Gasteiger partial charge in [0.2, 0.25) is 11.8 Å². The summed E-state index contributed by atoms with van der Waals surface area (Å²) in [6, 6.07) is 0. The first-order chi connectivity index (χ1) is 5.59. The lowest BCUT2D eigenvalue weighted by Gasteiger charge is -1.93. The normalized spacial score (nSPS) is 9.50. The van der Waals surface area contributed by atoms with Gasteiger partial charge in [-0.05, 0) is 0 Å².